The van der Waals surface area contributed by atoms with Gasteiger partial charge in [0.2, 0.25) is 0 Å². The summed E-state index contributed by atoms with van der Waals surface area (Å²) in [6.07, 6.45) is 1.49. The standard InChI is InChI=1S/C21H16Cl2N2O5S2/c22-14-2-1-3-15(19(14)23)24-17(26)11-30-13-6-4-12(5-7-13)10-16-20(29)25(21(31)32-16)9-8-18(27)28/h1-7,10H,8-9,11H2,(H,24,26)(H,27,28)/b16-10-. The molecule has 0 atom stereocenters. The number of carboxylic acid groups (broad SMARTS) is 1. The van der Waals surface area contributed by atoms with Crippen LogP contribution < -0.4 is 10.1 Å². The third-order valence-corrected chi connectivity index (χ3v) is 6.39. The van der Waals surface area contributed by atoms with Crippen LogP contribution in [0.3, 0.4) is 0 Å². The second kappa shape index (κ2) is 10.8. The Morgan fingerprint density at radius 1 is 1.19 bits per heavy atom. The first-order valence-corrected chi connectivity index (χ1v) is 11.2. The van der Waals surface area contributed by atoms with E-state index in [0.29, 0.717) is 25.7 Å². The number of carbonyl (C=O) groups excluding carboxylic acids is 2. The first-order chi connectivity index (χ1) is 15.2. The summed E-state index contributed by atoms with van der Waals surface area (Å²) in [7, 11) is 0. The number of carboxylic acids is 1. The van der Waals surface area contributed by atoms with E-state index in [4.69, 9.17) is 45.3 Å². The number of thioether (sulfide) groups is 1. The Bertz CT molecular complexity index is 1110. The molecule has 1 aliphatic rings. The molecular formula is C21H16Cl2N2O5S2. The van der Waals surface area contributed by atoms with Crippen molar-refractivity contribution in [3.63, 3.8) is 0 Å². The van der Waals surface area contributed by atoms with Crippen molar-refractivity contribution in [2.75, 3.05) is 18.5 Å². The van der Waals surface area contributed by atoms with Gasteiger partial charge in [-0.1, -0.05) is 65.4 Å². The van der Waals surface area contributed by atoms with Crippen LogP contribution in [-0.2, 0) is 14.4 Å². The van der Waals surface area contributed by atoms with Crippen LogP contribution in [0.2, 0.25) is 10.0 Å². The van der Waals surface area contributed by atoms with E-state index in [1.54, 1.807) is 48.5 Å². The number of ether oxygens (including phenoxy) is 1. The van der Waals surface area contributed by atoms with Gasteiger partial charge in [-0.2, -0.15) is 0 Å². The minimum Gasteiger partial charge on any atom is -0.484 e. The molecule has 11 heteroatoms. The van der Waals surface area contributed by atoms with Gasteiger partial charge in [0.15, 0.2) is 6.61 Å². The van der Waals surface area contributed by atoms with E-state index in [-0.39, 0.29) is 30.5 Å². The number of benzene rings is 2. The average molecular weight is 511 g/mol. The van der Waals surface area contributed by atoms with Crippen molar-refractivity contribution in [3.8, 4) is 5.75 Å². The van der Waals surface area contributed by atoms with Gasteiger partial charge in [-0.3, -0.25) is 19.3 Å². The largest absolute Gasteiger partial charge is 0.484 e. The molecule has 32 heavy (non-hydrogen) atoms. The van der Waals surface area contributed by atoms with Crippen molar-refractivity contribution >= 4 is 81.0 Å². The smallest absolute Gasteiger partial charge is 0.305 e. The quantitative estimate of drug-likeness (QED) is 0.392. The lowest BCUT2D eigenvalue weighted by Gasteiger charge is -2.12. The highest BCUT2D eigenvalue weighted by molar-refractivity contribution is 8.26. The van der Waals surface area contributed by atoms with E-state index in [1.807, 2.05) is 0 Å². The number of carbonyl (C=O) groups is 3. The Balaban J connectivity index is 1.56. The van der Waals surface area contributed by atoms with Gasteiger partial charge in [0, 0.05) is 6.54 Å². The third kappa shape index (κ3) is 6.23. The van der Waals surface area contributed by atoms with E-state index in [0.717, 1.165) is 17.3 Å². The summed E-state index contributed by atoms with van der Waals surface area (Å²) < 4.78 is 5.81. The maximum Gasteiger partial charge on any atom is 0.305 e. The van der Waals surface area contributed by atoms with Crippen molar-refractivity contribution in [1.29, 1.82) is 0 Å². The number of rotatable bonds is 8. The second-order valence-electron chi connectivity index (χ2n) is 6.48. The maximum absolute atomic E-state index is 12.4. The molecule has 0 saturated carbocycles. The number of hydrogen-bond acceptors (Lipinski definition) is 6. The molecule has 0 spiro atoms. The van der Waals surface area contributed by atoms with Gasteiger partial charge >= 0.3 is 5.97 Å². The van der Waals surface area contributed by atoms with Crippen molar-refractivity contribution < 1.29 is 24.2 Å². The number of anilines is 1. The number of nitrogens with zero attached hydrogens (tertiary/aromatic N) is 1. The third-order valence-electron chi connectivity index (χ3n) is 4.20. The summed E-state index contributed by atoms with van der Waals surface area (Å²) in [5.74, 6) is -1.26. The Kier molecular flexibility index (Phi) is 8.14. The lowest BCUT2D eigenvalue weighted by molar-refractivity contribution is -0.137. The summed E-state index contributed by atoms with van der Waals surface area (Å²) >= 11 is 18.3. The molecule has 166 valence electrons. The lowest BCUT2D eigenvalue weighted by Crippen LogP contribution is -2.30. The molecule has 3 rings (SSSR count). The molecule has 2 aromatic carbocycles. The van der Waals surface area contributed by atoms with Crippen LogP contribution in [-0.4, -0.2) is 45.3 Å². The fourth-order valence-corrected chi connectivity index (χ4v) is 4.30. The molecule has 7 nitrogen and oxygen atoms in total. The minimum atomic E-state index is -0.997. The van der Waals surface area contributed by atoms with Crippen LogP contribution in [0.1, 0.15) is 12.0 Å². The fraction of sp³-hybridized carbons (Fsp3) is 0.143. The first kappa shape index (κ1) is 24.1. The summed E-state index contributed by atoms with van der Waals surface area (Å²) in [5.41, 5.74) is 1.12. The number of nitrogens with one attached hydrogen (secondary N) is 1. The van der Waals surface area contributed by atoms with Crippen LogP contribution in [0.15, 0.2) is 47.4 Å². The van der Waals surface area contributed by atoms with Gasteiger partial charge in [-0.25, -0.2) is 0 Å². The Labute approximate surface area is 203 Å². The Morgan fingerprint density at radius 3 is 2.59 bits per heavy atom. The summed E-state index contributed by atoms with van der Waals surface area (Å²) in [5, 5.41) is 12.0. The number of amides is 2. The Hall–Kier alpha value is -2.59. The molecule has 2 N–H and O–H groups in total. The van der Waals surface area contributed by atoms with Crippen LogP contribution in [0.4, 0.5) is 5.69 Å². The molecule has 0 bridgehead atoms. The molecule has 0 unspecified atom stereocenters. The van der Waals surface area contributed by atoms with Gasteiger partial charge in [0.25, 0.3) is 11.8 Å². The predicted octanol–water partition coefficient (Wildman–Crippen LogP) is 4.69. The molecule has 0 aromatic heterocycles. The number of hydrogen-bond donors (Lipinski definition) is 2. The molecule has 2 aromatic rings. The summed E-state index contributed by atoms with van der Waals surface area (Å²) in [6, 6.07) is 11.7. The molecule has 1 fully saturated rings. The summed E-state index contributed by atoms with van der Waals surface area (Å²) in [4.78, 5) is 37.0. The monoisotopic (exact) mass is 510 g/mol. The van der Waals surface area contributed by atoms with Crippen LogP contribution in [0, 0.1) is 0 Å². The van der Waals surface area contributed by atoms with Gasteiger partial charge in [0.1, 0.15) is 10.1 Å². The zero-order chi connectivity index (χ0) is 23.3. The van der Waals surface area contributed by atoms with Crippen LogP contribution in [0.25, 0.3) is 6.08 Å². The highest BCUT2D eigenvalue weighted by atomic mass is 35.5. The number of thiocarbonyl (C=S) groups is 1. The maximum atomic E-state index is 12.4. The number of aliphatic carboxylic acids is 1. The molecule has 0 radical (unpaired) electrons. The van der Waals surface area contributed by atoms with Crippen LogP contribution in [0.5, 0.6) is 5.75 Å². The Morgan fingerprint density at radius 2 is 1.91 bits per heavy atom. The van der Waals surface area contributed by atoms with Gasteiger partial charge < -0.3 is 15.2 Å². The molecule has 2 amide bonds. The van der Waals surface area contributed by atoms with Gasteiger partial charge in [-0.15, -0.1) is 0 Å². The predicted molar refractivity (Wildman–Crippen MR) is 129 cm³/mol. The molecule has 1 aliphatic heterocycles. The van der Waals surface area contributed by atoms with E-state index >= 15 is 0 Å². The van der Waals surface area contributed by atoms with E-state index in [2.05, 4.69) is 5.32 Å². The van der Waals surface area contributed by atoms with E-state index < -0.39 is 11.9 Å². The highest BCUT2D eigenvalue weighted by Gasteiger charge is 2.32. The summed E-state index contributed by atoms with van der Waals surface area (Å²) in [6.45, 7) is -0.197. The van der Waals surface area contributed by atoms with Crippen molar-refractivity contribution in [2.24, 2.45) is 0 Å². The van der Waals surface area contributed by atoms with Gasteiger partial charge in [0.05, 0.1) is 27.1 Å². The lowest BCUT2D eigenvalue weighted by atomic mass is 10.2. The zero-order valence-corrected chi connectivity index (χ0v) is 19.5. The SMILES string of the molecule is O=C(O)CCN1C(=O)/C(=C/c2ccc(OCC(=O)Nc3cccc(Cl)c3Cl)cc2)SC1=S. The molecular weight excluding hydrogens is 495 g/mol. The fourth-order valence-electron chi connectivity index (χ4n) is 2.65. The highest BCUT2D eigenvalue weighted by Crippen LogP contribution is 2.33. The zero-order valence-electron chi connectivity index (χ0n) is 16.3. The first-order valence-electron chi connectivity index (χ1n) is 9.18. The van der Waals surface area contributed by atoms with Crippen LogP contribution >= 0.6 is 47.2 Å². The van der Waals surface area contributed by atoms with Crippen molar-refractivity contribution in [2.45, 2.75) is 6.42 Å². The second-order valence-corrected chi connectivity index (χ2v) is 8.95. The van der Waals surface area contributed by atoms with Crippen molar-refractivity contribution in [1.82, 2.24) is 4.90 Å². The number of halogens is 2. The molecule has 0 aliphatic carbocycles. The molecule has 1 saturated heterocycles. The van der Waals surface area contributed by atoms with Crippen molar-refractivity contribution in [3.05, 3.63) is 63.0 Å². The molecule has 1 heterocycles. The van der Waals surface area contributed by atoms with Gasteiger partial charge in [-0.05, 0) is 35.9 Å². The topological polar surface area (TPSA) is 95.9 Å². The minimum absolute atomic E-state index is 0.0343. The van der Waals surface area contributed by atoms with E-state index in [1.165, 1.54) is 4.90 Å². The normalized spacial score (nSPS) is 14.7. The average Bonchev–Trinajstić information content (AvgIpc) is 3.01. The van der Waals surface area contributed by atoms with E-state index in [9.17, 15) is 14.4 Å².